The Morgan fingerprint density at radius 2 is 2.19 bits per heavy atom. The molecule has 7 heteroatoms. The number of aromatic nitrogens is 2. The van der Waals surface area contributed by atoms with Crippen LogP contribution in [0.15, 0.2) is 30.5 Å². The summed E-state index contributed by atoms with van der Waals surface area (Å²) >= 11 is 11.8. The number of amides is 2. The van der Waals surface area contributed by atoms with E-state index in [4.69, 9.17) is 23.2 Å². The summed E-state index contributed by atoms with van der Waals surface area (Å²) < 4.78 is 1.77. The number of carbonyl (C=O) groups excluding carboxylic acids is 1. The highest BCUT2D eigenvalue weighted by atomic mass is 35.5. The normalized spacial score (nSPS) is 10.4. The van der Waals surface area contributed by atoms with Crippen LogP contribution >= 0.6 is 23.2 Å². The van der Waals surface area contributed by atoms with Crippen molar-refractivity contribution in [2.45, 2.75) is 19.9 Å². The van der Waals surface area contributed by atoms with Crippen LogP contribution < -0.4 is 10.6 Å². The molecule has 0 bridgehead atoms. The van der Waals surface area contributed by atoms with E-state index in [2.05, 4.69) is 15.7 Å². The van der Waals surface area contributed by atoms with Gasteiger partial charge >= 0.3 is 6.03 Å². The summed E-state index contributed by atoms with van der Waals surface area (Å²) in [5.41, 5.74) is 1.47. The molecule has 2 aromatic rings. The van der Waals surface area contributed by atoms with E-state index in [1.54, 1.807) is 35.1 Å². The lowest BCUT2D eigenvalue weighted by Gasteiger charge is -2.08. The molecule has 112 valence electrons. The van der Waals surface area contributed by atoms with Gasteiger partial charge in [-0.2, -0.15) is 5.10 Å². The van der Waals surface area contributed by atoms with Crippen molar-refractivity contribution in [3.8, 4) is 0 Å². The van der Waals surface area contributed by atoms with Crippen LogP contribution in [-0.2, 0) is 6.54 Å². The third-order valence-corrected chi connectivity index (χ3v) is 3.42. The molecule has 0 aliphatic carbocycles. The van der Waals surface area contributed by atoms with Gasteiger partial charge in [0.15, 0.2) is 0 Å². The Bertz CT molecular complexity index is 608. The maximum atomic E-state index is 11.7. The van der Waals surface area contributed by atoms with Crippen molar-refractivity contribution in [3.63, 3.8) is 0 Å². The van der Waals surface area contributed by atoms with Gasteiger partial charge in [0, 0.05) is 30.0 Å². The molecule has 0 spiro atoms. The minimum Gasteiger partial charge on any atom is -0.338 e. The first kappa shape index (κ1) is 15.7. The van der Waals surface area contributed by atoms with Crippen molar-refractivity contribution in [3.05, 3.63) is 46.2 Å². The Kier molecular flexibility index (Phi) is 5.47. The van der Waals surface area contributed by atoms with E-state index in [1.807, 2.05) is 6.92 Å². The highest BCUT2D eigenvalue weighted by Crippen LogP contribution is 2.14. The van der Waals surface area contributed by atoms with Gasteiger partial charge in [0.1, 0.15) is 0 Å². The fourth-order valence-electron chi connectivity index (χ4n) is 1.79. The molecular formula is C14H16Cl2N4O. The molecule has 2 N–H and O–H groups in total. The second-order valence-electron chi connectivity index (χ2n) is 4.57. The number of hydrogen-bond donors (Lipinski definition) is 2. The quantitative estimate of drug-likeness (QED) is 0.823. The highest BCUT2D eigenvalue weighted by Gasteiger charge is 2.03. The zero-order chi connectivity index (χ0) is 15.2. The van der Waals surface area contributed by atoms with Crippen molar-refractivity contribution in [1.82, 2.24) is 15.1 Å². The summed E-state index contributed by atoms with van der Waals surface area (Å²) in [4.78, 5) is 11.7. The van der Waals surface area contributed by atoms with Crippen LogP contribution in [0.3, 0.4) is 0 Å². The molecule has 0 saturated heterocycles. The summed E-state index contributed by atoms with van der Waals surface area (Å²) in [5.74, 6) is 0. The lowest BCUT2D eigenvalue weighted by atomic mass is 10.3. The molecule has 0 fully saturated rings. The first-order valence-corrected chi connectivity index (χ1v) is 7.30. The average Bonchev–Trinajstić information content (AvgIpc) is 2.74. The largest absolute Gasteiger partial charge is 0.338 e. The van der Waals surface area contributed by atoms with E-state index < -0.39 is 0 Å². The summed E-state index contributed by atoms with van der Waals surface area (Å²) in [5, 5.41) is 11.0. The minimum atomic E-state index is -0.257. The lowest BCUT2D eigenvalue weighted by molar-refractivity contribution is 0.251. The molecule has 21 heavy (non-hydrogen) atoms. The number of anilines is 1. The second-order valence-corrected chi connectivity index (χ2v) is 5.41. The van der Waals surface area contributed by atoms with Crippen LogP contribution in [0.1, 0.15) is 12.1 Å². The Morgan fingerprint density at radius 3 is 2.86 bits per heavy atom. The van der Waals surface area contributed by atoms with E-state index in [0.717, 1.165) is 12.1 Å². The fraction of sp³-hybridized carbons (Fsp3) is 0.286. The molecule has 0 atom stereocenters. The van der Waals surface area contributed by atoms with Crippen molar-refractivity contribution >= 4 is 34.9 Å². The molecule has 0 aliphatic heterocycles. The number of nitrogens with zero attached hydrogens (tertiary/aromatic N) is 2. The van der Waals surface area contributed by atoms with Crippen LogP contribution in [0.2, 0.25) is 10.0 Å². The molecule has 2 amide bonds. The highest BCUT2D eigenvalue weighted by molar-refractivity contribution is 6.31. The number of benzene rings is 1. The molecule has 0 saturated carbocycles. The van der Waals surface area contributed by atoms with Crippen molar-refractivity contribution in [1.29, 1.82) is 0 Å². The van der Waals surface area contributed by atoms with Crippen LogP contribution in [0.25, 0.3) is 0 Å². The van der Waals surface area contributed by atoms with E-state index in [1.165, 1.54) is 0 Å². The monoisotopic (exact) mass is 326 g/mol. The van der Waals surface area contributed by atoms with Crippen molar-refractivity contribution in [2.24, 2.45) is 0 Å². The van der Waals surface area contributed by atoms with Gasteiger partial charge in [0.05, 0.1) is 10.7 Å². The van der Waals surface area contributed by atoms with E-state index in [9.17, 15) is 4.79 Å². The van der Waals surface area contributed by atoms with Crippen LogP contribution in [0.4, 0.5) is 10.5 Å². The second kappa shape index (κ2) is 7.33. The molecule has 5 nitrogen and oxygen atoms in total. The van der Waals surface area contributed by atoms with Gasteiger partial charge in [-0.25, -0.2) is 4.79 Å². The zero-order valence-electron chi connectivity index (χ0n) is 11.6. The zero-order valence-corrected chi connectivity index (χ0v) is 13.1. The Balaban J connectivity index is 1.70. The van der Waals surface area contributed by atoms with Crippen LogP contribution in [0.5, 0.6) is 0 Å². The number of aryl methyl sites for hydroxylation is 2. The first-order valence-electron chi connectivity index (χ1n) is 6.54. The smallest absolute Gasteiger partial charge is 0.319 e. The number of halogens is 2. The molecular weight excluding hydrogens is 311 g/mol. The topological polar surface area (TPSA) is 59.0 Å². The SMILES string of the molecule is Cc1nn(CCCNC(=O)Nc2cccc(Cl)c2)cc1Cl. The van der Waals surface area contributed by atoms with E-state index in [0.29, 0.717) is 28.8 Å². The number of hydrogen-bond acceptors (Lipinski definition) is 2. The van der Waals surface area contributed by atoms with Gasteiger partial charge < -0.3 is 10.6 Å². The predicted molar refractivity (Wildman–Crippen MR) is 85.1 cm³/mol. The molecule has 0 aliphatic rings. The van der Waals surface area contributed by atoms with Gasteiger partial charge in [-0.1, -0.05) is 29.3 Å². The summed E-state index contributed by atoms with van der Waals surface area (Å²) in [6.45, 7) is 3.10. The van der Waals surface area contributed by atoms with Crippen LogP contribution in [-0.4, -0.2) is 22.4 Å². The average molecular weight is 327 g/mol. The van der Waals surface area contributed by atoms with Gasteiger partial charge in [0.2, 0.25) is 0 Å². The molecule has 0 radical (unpaired) electrons. The number of rotatable bonds is 5. The fourth-order valence-corrected chi connectivity index (χ4v) is 2.13. The third kappa shape index (κ3) is 4.95. The Morgan fingerprint density at radius 1 is 1.38 bits per heavy atom. The van der Waals surface area contributed by atoms with Gasteiger partial charge in [-0.05, 0) is 31.5 Å². The molecule has 2 rings (SSSR count). The van der Waals surface area contributed by atoms with Crippen molar-refractivity contribution in [2.75, 3.05) is 11.9 Å². The summed E-state index contributed by atoms with van der Waals surface area (Å²) in [6.07, 6.45) is 2.54. The first-order chi connectivity index (χ1) is 10.0. The minimum absolute atomic E-state index is 0.257. The van der Waals surface area contributed by atoms with Crippen LogP contribution in [0, 0.1) is 6.92 Å². The maximum Gasteiger partial charge on any atom is 0.319 e. The molecule has 1 heterocycles. The predicted octanol–water partition coefficient (Wildman–Crippen LogP) is 3.71. The summed E-state index contributed by atoms with van der Waals surface area (Å²) in [6, 6.07) is 6.74. The van der Waals surface area contributed by atoms with E-state index >= 15 is 0 Å². The summed E-state index contributed by atoms with van der Waals surface area (Å²) in [7, 11) is 0. The molecule has 1 aromatic carbocycles. The lowest BCUT2D eigenvalue weighted by Crippen LogP contribution is -2.30. The maximum absolute atomic E-state index is 11.7. The third-order valence-electron chi connectivity index (χ3n) is 2.82. The van der Waals surface area contributed by atoms with Crippen molar-refractivity contribution < 1.29 is 4.79 Å². The standard InChI is InChI=1S/C14H16Cl2N4O/c1-10-13(16)9-20(19-10)7-3-6-17-14(21)18-12-5-2-4-11(15)8-12/h2,4-5,8-9H,3,6-7H2,1H3,(H2,17,18,21). The number of urea groups is 1. The Hall–Kier alpha value is -1.72. The Labute approximate surface area is 133 Å². The van der Waals surface area contributed by atoms with E-state index in [-0.39, 0.29) is 6.03 Å². The number of nitrogens with one attached hydrogen (secondary N) is 2. The number of carbonyl (C=O) groups is 1. The molecule has 0 unspecified atom stereocenters. The molecule has 1 aromatic heterocycles. The van der Waals surface area contributed by atoms with Gasteiger partial charge in [0.25, 0.3) is 0 Å². The van der Waals surface area contributed by atoms with Gasteiger partial charge in [-0.3, -0.25) is 4.68 Å². The van der Waals surface area contributed by atoms with Gasteiger partial charge in [-0.15, -0.1) is 0 Å².